The Morgan fingerprint density at radius 3 is 1.81 bits per heavy atom. The van der Waals surface area contributed by atoms with Crippen molar-refractivity contribution >= 4 is 70.8 Å². The van der Waals surface area contributed by atoms with E-state index in [0.29, 0.717) is 63.0 Å². The Morgan fingerprint density at radius 2 is 1.26 bits per heavy atom. The molecule has 2 aromatic rings. The van der Waals surface area contributed by atoms with Crippen LogP contribution in [-0.4, -0.2) is 213 Å². The van der Waals surface area contributed by atoms with Gasteiger partial charge in [0.1, 0.15) is 24.2 Å². The molecule has 2 saturated heterocycles. The Balaban J connectivity index is 1.46. The van der Waals surface area contributed by atoms with E-state index in [1.54, 1.807) is 73.8 Å². The molecule has 2 aromatic carbocycles. The fourth-order valence-electron chi connectivity index (χ4n) is 12.9. The summed E-state index contributed by atoms with van der Waals surface area (Å²) in [6, 6.07) is 9.71. The van der Waals surface area contributed by atoms with Crippen LogP contribution in [0.3, 0.4) is 0 Å². The molecule has 12 amide bonds. The molecule has 2 fully saturated rings. The summed E-state index contributed by atoms with van der Waals surface area (Å²) in [6.07, 6.45) is 1.39. The van der Waals surface area contributed by atoms with Gasteiger partial charge in [-0.2, -0.15) is 0 Å². The second kappa shape index (κ2) is 38.7. The molecule has 0 aromatic heterocycles. The number of hydrogen-bond acceptors (Lipinski definition) is 14. The van der Waals surface area contributed by atoms with Crippen molar-refractivity contribution in [3.63, 3.8) is 0 Å². The minimum Gasteiger partial charge on any atom is -0.379 e. The predicted molar refractivity (Wildman–Crippen MR) is 362 cm³/mol. The first-order valence-electron chi connectivity index (χ1n) is 33.6. The molecule has 95 heavy (non-hydrogen) atoms. The first kappa shape index (κ1) is 79.7. The van der Waals surface area contributed by atoms with Crippen molar-refractivity contribution in [2.45, 2.75) is 194 Å². The van der Waals surface area contributed by atoms with E-state index in [4.69, 9.17) is 20.9 Å². The molecule has 0 unspecified atom stereocenters. The van der Waals surface area contributed by atoms with Crippen molar-refractivity contribution in [1.29, 1.82) is 0 Å². The van der Waals surface area contributed by atoms with E-state index in [1.165, 1.54) is 19.1 Å². The van der Waals surface area contributed by atoms with Crippen LogP contribution in [0.4, 0.5) is 10.5 Å². The lowest BCUT2D eigenvalue weighted by Crippen LogP contribution is -2.59. The summed E-state index contributed by atoms with van der Waals surface area (Å²) in [7, 11) is 10.0. The first-order valence-corrected chi connectivity index (χ1v) is 33.6. The monoisotopic (exact) mass is 1330 g/mol. The van der Waals surface area contributed by atoms with E-state index in [9.17, 15) is 52.7 Å². The fourth-order valence-corrected chi connectivity index (χ4v) is 12.9. The number of nitrogens with zero attached hydrogens (tertiary/aromatic N) is 5. The van der Waals surface area contributed by atoms with Crippen molar-refractivity contribution in [2.24, 2.45) is 47.0 Å². The molecule has 11 atom stereocenters. The van der Waals surface area contributed by atoms with Gasteiger partial charge in [-0.15, -0.1) is 0 Å². The average molecular weight is 1330 g/mol. The predicted octanol–water partition coefficient (Wildman–Crippen LogP) is 3.54. The minimum absolute atomic E-state index is 0.00698. The number of likely N-dealkylation sites (N-methyl/N-ethyl adjacent to an activating group) is 3. The van der Waals surface area contributed by atoms with Crippen LogP contribution in [0.15, 0.2) is 54.6 Å². The number of nitrogens with two attached hydrogens (primary N) is 2. The van der Waals surface area contributed by atoms with E-state index in [2.05, 4.69) is 31.9 Å². The zero-order valence-electron chi connectivity index (χ0n) is 58.9. The molecule has 0 spiro atoms. The van der Waals surface area contributed by atoms with Gasteiger partial charge in [0.15, 0.2) is 0 Å². The average Bonchev–Trinajstić information content (AvgIpc) is 1.81. The summed E-state index contributed by atoms with van der Waals surface area (Å²) in [4.78, 5) is 157. The lowest BCUT2D eigenvalue weighted by atomic mass is 9.89. The first-order chi connectivity index (χ1) is 44.8. The molecule has 530 valence electrons. The number of rotatable bonds is 37. The van der Waals surface area contributed by atoms with Crippen LogP contribution >= 0.6 is 0 Å². The van der Waals surface area contributed by atoms with Crippen LogP contribution < -0.4 is 43.4 Å². The van der Waals surface area contributed by atoms with Crippen LogP contribution in [0.2, 0.25) is 0 Å². The molecule has 26 heteroatoms. The molecule has 0 bridgehead atoms. The van der Waals surface area contributed by atoms with Gasteiger partial charge in [0, 0.05) is 91.9 Å². The second-order valence-corrected chi connectivity index (χ2v) is 26.9. The molecular weight excluding hydrogens is 1220 g/mol. The van der Waals surface area contributed by atoms with E-state index in [1.807, 2.05) is 90.9 Å². The Kier molecular flexibility index (Phi) is 32.5. The molecule has 0 radical (unpaired) electrons. The van der Waals surface area contributed by atoms with E-state index < -0.39 is 102 Å². The number of ether oxygens (including phenoxy) is 2. The Labute approximate surface area is 562 Å². The Morgan fingerprint density at radius 1 is 0.642 bits per heavy atom. The van der Waals surface area contributed by atoms with Gasteiger partial charge in [0.2, 0.25) is 59.1 Å². The van der Waals surface area contributed by atoms with Gasteiger partial charge < -0.3 is 72.4 Å². The highest BCUT2D eigenvalue weighted by Crippen LogP contribution is 2.30. The van der Waals surface area contributed by atoms with E-state index >= 15 is 0 Å². The molecule has 0 saturated carbocycles. The van der Waals surface area contributed by atoms with Crippen molar-refractivity contribution < 1.29 is 62.2 Å². The van der Waals surface area contributed by atoms with Gasteiger partial charge in [-0.3, -0.25) is 52.8 Å². The molecule has 2 heterocycles. The van der Waals surface area contributed by atoms with Crippen molar-refractivity contribution in [1.82, 2.24) is 51.1 Å². The zero-order valence-corrected chi connectivity index (χ0v) is 58.9. The largest absolute Gasteiger partial charge is 0.379 e. The lowest BCUT2D eigenvalue weighted by Gasteiger charge is -2.41. The second-order valence-electron chi connectivity index (χ2n) is 26.9. The summed E-state index contributed by atoms with van der Waals surface area (Å²) in [5, 5.41) is 16.9. The Bertz CT molecular complexity index is 2860. The molecule has 26 nitrogen and oxygen atoms in total. The number of urea groups is 1. The summed E-state index contributed by atoms with van der Waals surface area (Å²) in [5.74, 6) is -5.92. The number of hydrogen-bond donors (Lipinski definition) is 8. The van der Waals surface area contributed by atoms with Crippen LogP contribution in [0.25, 0.3) is 0 Å². The molecule has 4 rings (SSSR count). The molecule has 2 aliphatic heterocycles. The van der Waals surface area contributed by atoms with Crippen molar-refractivity contribution in [2.75, 3.05) is 73.9 Å². The number of carbonyl (C=O) groups is 11. The van der Waals surface area contributed by atoms with Gasteiger partial charge >= 0.3 is 6.03 Å². The third kappa shape index (κ3) is 23.9. The van der Waals surface area contributed by atoms with Crippen LogP contribution in [0, 0.1) is 35.5 Å². The van der Waals surface area contributed by atoms with Crippen molar-refractivity contribution in [3.05, 3.63) is 65.7 Å². The molecule has 0 aliphatic carbocycles. The van der Waals surface area contributed by atoms with Crippen LogP contribution in [0.1, 0.15) is 138 Å². The molecule has 2 aliphatic rings. The van der Waals surface area contributed by atoms with Gasteiger partial charge in [-0.25, -0.2) is 4.79 Å². The highest BCUT2D eigenvalue weighted by molar-refractivity contribution is 5.99. The lowest BCUT2D eigenvalue weighted by molar-refractivity contribution is -0.148. The zero-order chi connectivity index (χ0) is 71.0. The number of anilines is 1. The van der Waals surface area contributed by atoms with Gasteiger partial charge in [-0.1, -0.05) is 111 Å². The fraction of sp³-hybridized carbons (Fsp3) is 0.667. The Hall–Kier alpha value is -7.71. The van der Waals surface area contributed by atoms with Crippen molar-refractivity contribution in [3.8, 4) is 0 Å². The summed E-state index contributed by atoms with van der Waals surface area (Å²) >= 11 is 0. The van der Waals surface area contributed by atoms with E-state index in [0.717, 1.165) is 5.56 Å². The number of piperidine rings is 1. The maximum Gasteiger partial charge on any atom is 0.312 e. The van der Waals surface area contributed by atoms with E-state index in [-0.39, 0.29) is 105 Å². The molecular formula is C69H111N13O13. The van der Waals surface area contributed by atoms with Gasteiger partial charge in [0.25, 0.3) is 0 Å². The standard InChI is InChI=1S/C69H111N13O13/c1-16-44(8)60(80(13)68(92)58(42(4)5)77-66(90)59(43(6)7)78(10)11)53(94-14)39-56(85)82-35-21-25-52(82)61(95-15)45(9)63(87)75-51(38-46-22-18-17-19-23-46)67(91)79(12)40-47-26-28-49(29-27-47)73-64(88)50(24-20-34-72-69(71)93)74-65(89)57(41(2)3)76-54(83)30-31-55(84)81-36-32-48(33-37-81)62(70)86/h17-19,22-23,26-29,41-45,48,50-53,57-61H,16,20-21,24-25,30-40H2,1-15H3,(H2,70,86)(H,73,88)(H,74,89)(H,75,87)(H,76,83)(H,77,90)(H3,71,72,93)/t44-,45+,50-,51-,52-,53+,57-,58-,59-,60-,61+/m0/s1. The SMILES string of the molecule is CC[C@H](C)[C@@H]([C@@H](CC(=O)N1CCC[C@H]1[C@H](OC)[C@@H](C)C(=O)N[C@@H](Cc1ccccc1)C(=O)N(C)Cc1ccc(NC(=O)[C@H](CCCNC(N)=O)NC(=O)[C@@H](NC(=O)CCC(=O)N2CCC(C(N)=O)CC2)C(C)C)cc1)OC)N(C)C(=O)[C@@H](NC(=O)[C@H](C(C)C)N(C)C)C(C)C. The maximum absolute atomic E-state index is 14.7. The topological polar surface area (TPSA) is 347 Å². The number of primary amides is 2. The van der Waals surface area contributed by atoms with Crippen LogP contribution in [-0.2, 0) is 70.4 Å². The minimum atomic E-state index is -1.13. The van der Waals surface area contributed by atoms with Crippen LogP contribution in [0.5, 0.6) is 0 Å². The maximum atomic E-state index is 14.7. The smallest absolute Gasteiger partial charge is 0.312 e. The highest BCUT2D eigenvalue weighted by Gasteiger charge is 2.44. The quantitative estimate of drug-likeness (QED) is 0.0449. The number of amides is 12. The number of benzene rings is 2. The third-order valence-electron chi connectivity index (χ3n) is 18.5. The summed E-state index contributed by atoms with van der Waals surface area (Å²) in [6.45, 7) is 18.2. The highest BCUT2D eigenvalue weighted by atomic mass is 16.5. The number of carbonyl (C=O) groups excluding carboxylic acids is 11. The number of likely N-dealkylation sites (tertiary alicyclic amines) is 2. The van der Waals surface area contributed by atoms with Gasteiger partial charge in [0.05, 0.1) is 42.7 Å². The number of methoxy groups -OCH3 is 2. The molecule has 10 N–H and O–H groups in total. The van der Waals surface area contributed by atoms with Gasteiger partial charge in [-0.05, 0) is 99.6 Å². The number of nitrogens with one attached hydrogen (secondary N) is 6. The summed E-state index contributed by atoms with van der Waals surface area (Å²) in [5.41, 5.74) is 12.6. The summed E-state index contributed by atoms with van der Waals surface area (Å²) < 4.78 is 12.2. The third-order valence-corrected chi connectivity index (χ3v) is 18.5. The normalized spacial score (nSPS) is 17.5.